The highest BCUT2D eigenvalue weighted by molar-refractivity contribution is 9.09. The van der Waals surface area contributed by atoms with Gasteiger partial charge in [-0.25, -0.2) is 0 Å². The van der Waals surface area contributed by atoms with Gasteiger partial charge in [-0.3, -0.25) is 0 Å². The molecule has 1 aromatic rings. The van der Waals surface area contributed by atoms with Crippen LogP contribution in [0.4, 0.5) is 0 Å². The minimum Gasteiger partial charge on any atom is -0.0887 e. The second-order valence-corrected chi connectivity index (χ2v) is 9.71. The van der Waals surface area contributed by atoms with Crippen molar-refractivity contribution in [3.8, 4) is 0 Å². The van der Waals surface area contributed by atoms with Crippen LogP contribution >= 0.6 is 15.9 Å². The Morgan fingerprint density at radius 2 is 1.71 bits per heavy atom. The molecule has 0 heterocycles. The third-order valence-corrected chi connectivity index (χ3v) is 7.01. The molecule has 0 saturated heterocycles. The number of halogens is 1. The molecule has 4 aliphatic carbocycles. The molecule has 114 valence electrons. The molecule has 0 N–H and O–H groups in total. The molecule has 4 aliphatic rings. The van der Waals surface area contributed by atoms with E-state index in [-0.39, 0.29) is 0 Å². The van der Waals surface area contributed by atoms with E-state index in [2.05, 4.69) is 47.1 Å². The van der Waals surface area contributed by atoms with Crippen LogP contribution in [0.1, 0.15) is 56.1 Å². The van der Waals surface area contributed by atoms with Crippen LogP contribution in [0, 0.1) is 30.1 Å². The Balaban J connectivity index is 1.43. The molecule has 0 radical (unpaired) electrons. The Kier molecular flexibility index (Phi) is 3.68. The molecule has 1 atom stereocenters. The van der Waals surface area contributed by atoms with Gasteiger partial charge in [0.15, 0.2) is 0 Å². The van der Waals surface area contributed by atoms with E-state index >= 15 is 0 Å². The molecule has 0 nitrogen and oxygen atoms in total. The lowest BCUT2D eigenvalue weighted by molar-refractivity contribution is -0.0569. The lowest BCUT2D eigenvalue weighted by Crippen LogP contribution is -2.47. The van der Waals surface area contributed by atoms with Crippen LogP contribution in [0.5, 0.6) is 0 Å². The Morgan fingerprint density at radius 1 is 1.10 bits per heavy atom. The van der Waals surface area contributed by atoms with Crippen LogP contribution in [0.2, 0.25) is 0 Å². The molecule has 21 heavy (non-hydrogen) atoms. The predicted molar refractivity (Wildman–Crippen MR) is 92.8 cm³/mol. The van der Waals surface area contributed by atoms with Crippen molar-refractivity contribution in [1.29, 1.82) is 0 Å². The Labute approximate surface area is 137 Å². The summed E-state index contributed by atoms with van der Waals surface area (Å²) in [7, 11) is 0. The van der Waals surface area contributed by atoms with Crippen molar-refractivity contribution in [2.24, 2.45) is 23.2 Å². The first-order valence-electron chi connectivity index (χ1n) is 8.80. The average molecular weight is 347 g/mol. The molecule has 0 aromatic heterocycles. The summed E-state index contributed by atoms with van der Waals surface area (Å²) in [5.74, 6) is 3.24. The topological polar surface area (TPSA) is 0 Å². The summed E-state index contributed by atoms with van der Waals surface area (Å²) in [5, 5.41) is 0. The summed E-state index contributed by atoms with van der Waals surface area (Å²) in [6, 6.07) is 9.05. The fourth-order valence-electron chi connectivity index (χ4n) is 6.18. The lowest BCUT2D eigenvalue weighted by Gasteiger charge is -2.57. The highest BCUT2D eigenvalue weighted by Crippen LogP contribution is 2.62. The zero-order valence-electron chi connectivity index (χ0n) is 13.2. The van der Waals surface area contributed by atoms with Gasteiger partial charge in [0.2, 0.25) is 0 Å². The highest BCUT2D eigenvalue weighted by Gasteiger charge is 2.50. The Morgan fingerprint density at radius 3 is 2.29 bits per heavy atom. The maximum Gasteiger partial charge on any atom is 0.0191 e. The normalized spacial score (nSPS) is 38.7. The van der Waals surface area contributed by atoms with Gasteiger partial charge in [0.1, 0.15) is 0 Å². The minimum absolute atomic E-state index is 0.663. The number of hydrogen-bond donors (Lipinski definition) is 0. The summed E-state index contributed by atoms with van der Waals surface area (Å²) in [6.45, 7) is 2.20. The zero-order chi connectivity index (χ0) is 14.4. The first-order valence-corrected chi connectivity index (χ1v) is 9.71. The van der Waals surface area contributed by atoms with Gasteiger partial charge in [-0.05, 0) is 87.0 Å². The molecule has 4 fully saturated rings. The van der Waals surface area contributed by atoms with Crippen molar-refractivity contribution in [3.63, 3.8) is 0 Å². The van der Waals surface area contributed by atoms with E-state index in [9.17, 15) is 0 Å². The van der Waals surface area contributed by atoms with Gasteiger partial charge in [0.05, 0.1) is 0 Å². The van der Waals surface area contributed by atoms with E-state index in [1.807, 2.05) is 0 Å². The molecule has 1 aromatic carbocycles. The monoisotopic (exact) mass is 346 g/mol. The van der Waals surface area contributed by atoms with Gasteiger partial charge in [-0.2, -0.15) is 0 Å². The number of hydrogen-bond acceptors (Lipinski definition) is 0. The Hall–Kier alpha value is -0.300. The van der Waals surface area contributed by atoms with Crippen molar-refractivity contribution >= 4 is 15.9 Å². The Bertz CT molecular complexity index is 483. The van der Waals surface area contributed by atoms with Crippen molar-refractivity contribution in [2.45, 2.75) is 63.1 Å². The van der Waals surface area contributed by atoms with Crippen LogP contribution < -0.4 is 0 Å². The molecular formula is C20H27Br. The second kappa shape index (κ2) is 5.41. The summed E-state index contributed by atoms with van der Waals surface area (Å²) in [4.78, 5) is 0.663. The van der Waals surface area contributed by atoms with Gasteiger partial charge in [-0.1, -0.05) is 45.8 Å². The van der Waals surface area contributed by atoms with E-state index in [1.54, 1.807) is 19.3 Å². The van der Waals surface area contributed by atoms with E-state index < -0.39 is 0 Å². The molecular weight excluding hydrogens is 320 g/mol. The van der Waals surface area contributed by atoms with Crippen molar-refractivity contribution in [2.75, 3.05) is 0 Å². The molecule has 1 heteroatoms. The number of rotatable bonds is 4. The van der Waals surface area contributed by atoms with Gasteiger partial charge in [0, 0.05) is 4.83 Å². The fraction of sp³-hybridized carbons (Fsp3) is 0.700. The van der Waals surface area contributed by atoms with Crippen LogP contribution in [0.25, 0.3) is 0 Å². The average Bonchev–Trinajstić information content (AvgIpc) is 2.35. The summed E-state index contributed by atoms with van der Waals surface area (Å²) in [5.41, 5.74) is 3.59. The standard InChI is InChI=1S/C20H27Br/c1-14-3-2-4-15(5-14)9-19(21)13-20-10-16-6-17(11-20)8-18(7-16)12-20/h2-5,16-19H,6-13H2,1H3. The summed E-state index contributed by atoms with van der Waals surface area (Å²) in [6.07, 6.45) is 11.9. The van der Waals surface area contributed by atoms with Crippen molar-refractivity contribution < 1.29 is 0 Å². The predicted octanol–water partition coefficient (Wildman–Crippen LogP) is 5.91. The quantitative estimate of drug-likeness (QED) is 0.594. The van der Waals surface area contributed by atoms with Crippen LogP contribution in [-0.4, -0.2) is 4.83 Å². The largest absolute Gasteiger partial charge is 0.0887 e. The fourth-order valence-corrected chi connectivity index (χ4v) is 7.24. The van der Waals surface area contributed by atoms with E-state index in [1.165, 1.54) is 43.2 Å². The van der Waals surface area contributed by atoms with Crippen LogP contribution in [0.3, 0.4) is 0 Å². The molecule has 0 amide bonds. The third-order valence-electron chi connectivity index (χ3n) is 6.36. The number of benzene rings is 1. The van der Waals surface area contributed by atoms with Gasteiger partial charge in [0.25, 0.3) is 0 Å². The lowest BCUT2D eigenvalue weighted by atomic mass is 9.48. The van der Waals surface area contributed by atoms with E-state index in [4.69, 9.17) is 0 Å². The molecule has 0 spiro atoms. The maximum atomic E-state index is 4.03. The molecule has 4 saturated carbocycles. The van der Waals surface area contributed by atoms with Crippen molar-refractivity contribution in [3.05, 3.63) is 35.4 Å². The first kappa shape index (κ1) is 14.3. The second-order valence-electron chi connectivity index (χ2n) is 8.41. The maximum absolute atomic E-state index is 4.03. The highest BCUT2D eigenvalue weighted by atomic mass is 79.9. The smallest absolute Gasteiger partial charge is 0.0191 e. The van der Waals surface area contributed by atoms with E-state index in [0.29, 0.717) is 10.2 Å². The molecule has 1 unspecified atom stereocenters. The molecule has 0 aliphatic heterocycles. The summed E-state index contributed by atoms with van der Waals surface area (Å²) >= 11 is 4.03. The van der Waals surface area contributed by atoms with Gasteiger partial charge in [-0.15, -0.1) is 0 Å². The van der Waals surface area contributed by atoms with Crippen LogP contribution in [0.15, 0.2) is 24.3 Å². The van der Waals surface area contributed by atoms with Gasteiger partial charge >= 0.3 is 0 Å². The van der Waals surface area contributed by atoms with Crippen molar-refractivity contribution in [1.82, 2.24) is 0 Å². The first-order chi connectivity index (χ1) is 10.1. The van der Waals surface area contributed by atoms with Gasteiger partial charge < -0.3 is 0 Å². The SMILES string of the molecule is Cc1cccc(CC(Br)CC23CC4CC(CC(C4)C2)C3)c1. The zero-order valence-corrected chi connectivity index (χ0v) is 14.7. The third kappa shape index (κ3) is 2.96. The van der Waals surface area contributed by atoms with Crippen LogP contribution in [-0.2, 0) is 6.42 Å². The molecule has 5 rings (SSSR count). The van der Waals surface area contributed by atoms with E-state index in [0.717, 1.165) is 17.8 Å². The molecule has 4 bridgehead atoms. The number of aryl methyl sites for hydroxylation is 1. The summed E-state index contributed by atoms with van der Waals surface area (Å²) < 4.78 is 0. The minimum atomic E-state index is 0.663. The number of alkyl halides is 1.